The summed E-state index contributed by atoms with van der Waals surface area (Å²) in [6.07, 6.45) is -4.67. The van der Waals surface area contributed by atoms with E-state index in [1.165, 1.54) is 25.4 Å². The molecule has 0 radical (unpaired) electrons. The first-order chi connectivity index (χ1) is 16.9. The van der Waals surface area contributed by atoms with Gasteiger partial charge in [0.1, 0.15) is 5.82 Å². The van der Waals surface area contributed by atoms with Crippen LogP contribution >= 0.6 is 0 Å². The van der Waals surface area contributed by atoms with Gasteiger partial charge in [-0.15, -0.1) is 0 Å². The van der Waals surface area contributed by atoms with Gasteiger partial charge in [-0.1, -0.05) is 18.2 Å². The first kappa shape index (κ1) is 25.7. The molecule has 2 heterocycles. The fourth-order valence-electron chi connectivity index (χ4n) is 4.19. The summed E-state index contributed by atoms with van der Waals surface area (Å²) in [6.45, 7) is 5.17. The molecule has 4 aromatic rings. The van der Waals surface area contributed by atoms with Crippen molar-refractivity contribution in [3.8, 4) is 17.0 Å². The summed E-state index contributed by atoms with van der Waals surface area (Å²) in [7, 11) is 1.40. The lowest BCUT2D eigenvalue weighted by atomic mass is 10.0. The van der Waals surface area contributed by atoms with E-state index < -0.39 is 29.4 Å². The Bertz CT molecular complexity index is 1390. The van der Waals surface area contributed by atoms with Gasteiger partial charge in [-0.05, 0) is 57.2 Å². The Morgan fingerprint density at radius 3 is 2.39 bits per heavy atom. The monoisotopic (exact) mass is 502 g/mol. The van der Waals surface area contributed by atoms with Gasteiger partial charge in [-0.3, -0.25) is 0 Å². The number of halogens is 4. The predicted molar refractivity (Wildman–Crippen MR) is 128 cm³/mol. The third kappa shape index (κ3) is 5.08. The van der Waals surface area contributed by atoms with Crippen molar-refractivity contribution in [3.63, 3.8) is 0 Å². The maximum Gasteiger partial charge on any atom is 0.416 e. The molecule has 0 spiro atoms. The summed E-state index contributed by atoms with van der Waals surface area (Å²) in [4.78, 5) is 4.20. The van der Waals surface area contributed by atoms with Crippen LogP contribution in [-0.4, -0.2) is 27.4 Å². The molecule has 1 unspecified atom stereocenters. The van der Waals surface area contributed by atoms with E-state index in [1.54, 1.807) is 55.7 Å². The zero-order valence-electron chi connectivity index (χ0n) is 20.2. The fraction of sp³-hybridized carbons (Fsp3) is 0.296. The predicted octanol–water partition coefficient (Wildman–Crippen LogP) is 6.72. The van der Waals surface area contributed by atoms with E-state index in [2.05, 4.69) is 4.98 Å². The zero-order chi connectivity index (χ0) is 26.3. The molecule has 2 aromatic carbocycles. The second kappa shape index (κ2) is 9.55. The van der Waals surface area contributed by atoms with E-state index in [9.17, 15) is 22.7 Å². The Morgan fingerprint density at radius 2 is 1.75 bits per heavy atom. The standard InChI is InChI=1S/C27H26F4N2O3/c1-26(2,3)36-25(34)23-22(18-9-7-13-32-24(18)35-4)19-14-17(27(29,30)31)11-12-21(19)33(23)15-16-8-5-6-10-20(16)28/h5-14,25,34H,15H2,1-4H3. The van der Waals surface area contributed by atoms with Crippen molar-refractivity contribution in [3.05, 3.63) is 83.4 Å². The molecule has 9 heteroatoms. The van der Waals surface area contributed by atoms with E-state index >= 15 is 0 Å². The number of nitrogens with zero attached hydrogens (tertiary/aromatic N) is 2. The van der Waals surface area contributed by atoms with Gasteiger partial charge in [0.05, 0.1) is 30.5 Å². The number of hydrogen-bond acceptors (Lipinski definition) is 4. The van der Waals surface area contributed by atoms with Gasteiger partial charge in [0.15, 0.2) is 6.29 Å². The molecule has 190 valence electrons. The third-order valence-corrected chi connectivity index (χ3v) is 5.65. The average Bonchev–Trinajstić information content (AvgIpc) is 3.12. The SMILES string of the molecule is COc1ncccc1-c1c(C(O)OC(C)(C)C)n(Cc2ccccc2F)c2ccc(C(F)(F)F)cc12. The molecule has 5 nitrogen and oxygen atoms in total. The number of fused-ring (bicyclic) bond motifs is 1. The minimum atomic E-state index is -4.60. The molecule has 1 N–H and O–H groups in total. The normalized spacial score (nSPS) is 13.2. The summed E-state index contributed by atoms with van der Waals surface area (Å²) in [5.41, 5.74) is -0.223. The summed E-state index contributed by atoms with van der Waals surface area (Å²) < 4.78 is 68.6. The topological polar surface area (TPSA) is 56.5 Å². The number of benzene rings is 2. The summed E-state index contributed by atoms with van der Waals surface area (Å²) in [6, 6.07) is 12.7. The lowest BCUT2D eigenvalue weighted by Gasteiger charge is -2.26. The molecule has 36 heavy (non-hydrogen) atoms. The molecule has 0 aliphatic heterocycles. The smallest absolute Gasteiger partial charge is 0.416 e. The van der Waals surface area contributed by atoms with Crippen LogP contribution < -0.4 is 4.74 Å². The maximum absolute atomic E-state index is 14.7. The van der Waals surface area contributed by atoms with Crippen molar-refractivity contribution >= 4 is 10.9 Å². The van der Waals surface area contributed by atoms with Gasteiger partial charge in [-0.25, -0.2) is 9.37 Å². The van der Waals surface area contributed by atoms with Crippen LogP contribution in [0.3, 0.4) is 0 Å². The molecule has 1 atom stereocenters. The Labute approximate surface area is 205 Å². The number of rotatable bonds is 6. The Balaban J connectivity index is 2.11. The van der Waals surface area contributed by atoms with Crippen LogP contribution in [0.4, 0.5) is 17.6 Å². The molecule has 0 aliphatic carbocycles. The van der Waals surface area contributed by atoms with Crippen LogP contribution in [0.1, 0.15) is 43.9 Å². The first-order valence-corrected chi connectivity index (χ1v) is 11.2. The number of aliphatic hydroxyl groups excluding tert-OH is 1. The molecule has 4 rings (SSSR count). The number of pyridine rings is 1. The van der Waals surface area contributed by atoms with Crippen LogP contribution in [0.2, 0.25) is 0 Å². The van der Waals surface area contributed by atoms with Gasteiger partial charge < -0.3 is 19.1 Å². The molecule has 0 amide bonds. The highest BCUT2D eigenvalue weighted by Gasteiger charge is 2.34. The molecule has 0 saturated carbocycles. The minimum absolute atomic E-state index is 0.0585. The Kier molecular flexibility index (Phi) is 6.81. The number of alkyl halides is 3. The van der Waals surface area contributed by atoms with Crippen molar-refractivity contribution in [1.82, 2.24) is 9.55 Å². The molecule has 0 bridgehead atoms. The zero-order valence-corrected chi connectivity index (χ0v) is 20.2. The number of aliphatic hydroxyl groups is 1. The van der Waals surface area contributed by atoms with Crippen molar-refractivity contribution in [2.45, 2.75) is 45.4 Å². The summed E-state index contributed by atoms with van der Waals surface area (Å²) >= 11 is 0. The second-order valence-corrected chi connectivity index (χ2v) is 9.31. The quantitative estimate of drug-likeness (QED) is 0.235. The van der Waals surface area contributed by atoms with E-state index in [0.717, 1.165) is 12.1 Å². The average molecular weight is 503 g/mol. The Morgan fingerprint density at radius 1 is 1.03 bits per heavy atom. The number of ether oxygens (including phenoxy) is 2. The maximum atomic E-state index is 14.7. The molecule has 2 aromatic heterocycles. The number of hydrogen-bond donors (Lipinski definition) is 1. The highest BCUT2D eigenvalue weighted by molar-refractivity contribution is 6.00. The second-order valence-electron chi connectivity index (χ2n) is 9.31. The molecular formula is C27H26F4N2O3. The summed E-state index contributed by atoms with van der Waals surface area (Å²) in [5.74, 6) is -0.326. The van der Waals surface area contributed by atoms with Crippen LogP contribution in [0, 0.1) is 5.82 Å². The van der Waals surface area contributed by atoms with Crippen molar-refractivity contribution in [2.75, 3.05) is 7.11 Å². The van der Waals surface area contributed by atoms with Gasteiger partial charge >= 0.3 is 6.18 Å². The van der Waals surface area contributed by atoms with Crippen molar-refractivity contribution < 1.29 is 32.1 Å². The molecule has 0 fully saturated rings. The highest BCUT2D eigenvalue weighted by Crippen LogP contribution is 2.44. The van der Waals surface area contributed by atoms with E-state index in [0.29, 0.717) is 16.6 Å². The highest BCUT2D eigenvalue weighted by atomic mass is 19.4. The first-order valence-electron chi connectivity index (χ1n) is 11.2. The van der Waals surface area contributed by atoms with Gasteiger partial charge in [-0.2, -0.15) is 13.2 Å². The molecule has 0 aliphatic rings. The van der Waals surface area contributed by atoms with E-state index in [4.69, 9.17) is 9.47 Å². The van der Waals surface area contributed by atoms with E-state index in [-0.39, 0.29) is 29.1 Å². The van der Waals surface area contributed by atoms with Crippen molar-refractivity contribution in [2.24, 2.45) is 0 Å². The Hall–Kier alpha value is -3.43. The lowest BCUT2D eigenvalue weighted by Crippen LogP contribution is -2.24. The molecule has 0 saturated heterocycles. The van der Waals surface area contributed by atoms with Crippen LogP contribution in [0.15, 0.2) is 60.8 Å². The van der Waals surface area contributed by atoms with Crippen LogP contribution in [0.5, 0.6) is 5.88 Å². The lowest BCUT2D eigenvalue weighted by molar-refractivity contribution is -0.172. The van der Waals surface area contributed by atoms with E-state index in [1.807, 2.05) is 0 Å². The van der Waals surface area contributed by atoms with Gasteiger partial charge in [0, 0.05) is 33.8 Å². The minimum Gasteiger partial charge on any atom is -0.481 e. The number of methoxy groups -OCH3 is 1. The fourth-order valence-corrected chi connectivity index (χ4v) is 4.19. The van der Waals surface area contributed by atoms with Crippen molar-refractivity contribution in [1.29, 1.82) is 0 Å². The summed E-state index contributed by atoms with van der Waals surface area (Å²) in [5, 5.41) is 11.5. The third-order valence-electron chi connectivity index (χ3n) is 5.65. The van der Waals surface area contributed by atoms with Crippen LogP contribution in [-0.2, 0) is 17.5 Å². The molecular weight excluding hydrogens is 476 g/mol. The van der Waals surface area contributed by atoms with Gasteiger partial charge in [0.2, 0.25) is 5.88 Å². The van der Waals surface area contributed by atoms with Crippen LogP contribution in [0.25, 0.3) is 22.0 Å². The van der Waals surface area contributed by atoms with Gasteiger partial charge in [0.25, 0.3) is 0 Å². The largest absolute Gasteiger partial charge is 0.481 e. The number of aromatic nitrogens is 2.